The van der Waals surface area contributed by atoms with Crippen LogP contribution in [0.4, 0.5) is 0 Å². The van der Waals surface area contributed by atoms with Crippen LogP contribution in [0.3, 0.4) is 0 Å². The zero-order chi connectivity index (χ0) is 20.6. The molecule has 3 nitrogen and oxygen atoms in total. The van der Waals surface area contributed by atoms with E-state index < -0.39 is 0 Å². The van der Waals surface area contributed by atoms with Gasteiger partial charge in [0.1, 0.15) is 11.9 Å². The molecule has 1 aliphatic heterocycles. The number of rotatable bonds is 9. The molecular formula is C26H35NO2. The smallest absolute Gasteiger partial charge is 0.131 e. The fraction of sp³-hybridized carbons (Fsp3) is 0.500. The van der Waals surface area contributed by atoms with E-state index in [-0.39, 0.29) is 6.10 Å². The van der Waals surface area contributed by atoms with Crippen molar-refractivity contribution in [3.63, 3.8) is 0 Å². The average Bonchev–Trinajstić information content (AvgIpc) is 3.26. The topological polar surface area (TPSA) is 31.4 Å². The molecule has 2 aromatic rings. The zero-order valence-electron chi connectivity index (χ0n) is 18.5. The first-order chi connectivity index (χ1) is 14.2. The summed E-state index contributed by atoms with van der Waals surface area (Å²) in [6.07, 6.45) is 10.6. The summed E-state index contributed by atoms with van der Waals surface area (Å²) in [5, 5.41) is 0. The molecule has 1 saturated heterocycles. The number of aryl methyl sites for hydroxylation is 2. The van der Waals surface area contributed by atoms with Gasteiger partial charge in [0.05, 0.1) is 18.9 Å². The second kappa shape index (κ2) is 10.6. The van der Waals surface area contributed by atoms with Crippen LogP contribution in [0.25, 0.3) is 16.8 Å². The molecule has 1 fully saturated rings. The Balaban J connectivity index is 2.10. The van der Waals surface area contributed by atoms with E-state index in [9.17, 15) is 0 Å². The Hall–Kier alpha value is -2.13. The maximum atomic E-state index is 6.48. The van der Waals surface area contributed by atoms with Gasteiger partial charge in [-0.1, -0.05) is 58.4 Å². The highest BCUT2D eigenvalue weighted by atomic mass is 16.5. The molecule has 1 aromatic carbocycles. The van der Waals surface area contributed by atoms with Crippen LogP contribution in [-0.2, 0) is 17.6 Å². The van der Waals surface area contributed by atoms with E-state index in [0.717, 1.165) is 62.1 Å². The first-order valence-electron chi connectivity index (χ1n) is 11.3. The highest BCUT2D eigenvalue weighted by Crippen LogP contribution is 2.36. The van der Waals surface area contributed by atoms with Gasteiger partial charge < -0.3 is 9.47 Å². The predicted octanol–water partition coefficient (Wildman–Crippen LogP) is 6.63. The van der Waals surface area contributed by atoms with Gasteiger partial charge >= 0.3 is 0 Å². The lowest BCUT2D eigenvalue weighted by Gasteiger charge is -2.20. The van der Waals surface area contributed by atoms with Crippen LogP contribution in [0.2, 0.25) is 0 Å². The molecule has 3 heteroatoms. The maximum Gasteiger partial charge on any atom is 0.131 e. The minimum absolute atomic E-state index is 0.126. The number of allylic oxidation sites excluding steroid dienone is 2. The lowest BCUT2D eigenvalue weighted by atomic mass is 9.93. The zero-order valence-corrected chi connectivity index (χ0v) is 18.5. The largest absolute Gasteiger partial charge is 0.487 e. The Labute approximate surface area is 176 Å². The molecule has 0 N–H and O–H groups in total. The van der Waals surface area contributed by atoms with Gasteiger partial charge in [-0.2, -0.15) is 0 Å². The number of benzene rings is 1. The quantitative estimate of drug-likeness (QED) is 0.479. The third-order valence-corrected chi connectivity index (χ3v) is 5.62. The SMILES string of the molecule is CC/C=C(\CCC)c1cnc(-c2c(CC)cccc2CC)cc1O[C@@H]1CCOC1. The van der Waals surface area contributed by atoms with Gasteiger partial charge in [0, 0.05) is 29.8 Å². The second-order valence-electron chi connectivity index (χ2n) is 7.72. The van der Waals surface area contributed by atoms with Crippen LogP contribution >= 0.6 is 0 Å². The van der Waals surface area contributed by atoms with E-state index in [1.165, 1.54) is 22.3 Å². The Morgan fingerprint density at radius 1 is 1.17 bits per heavy atom. The van der Waals surface area contributed by atoms with E-state index in [2.05, 4.69) is 58.0 Å². The van der Waals surface area contributed by atoms with Crippen molar-refractivity contribution in [2.45, 2.75) is 72.3 Å². The van der Waals surface area contributed by atoms with E-state index in [0.29, 0.717) is 6.61 Å². The standard InChI is InChI=1S/C26H35NO2/c1-5-10-21(11-6-2)23-17-27-24(16-25(23)29-22-14-15-28-18-22)26-19(7-3)12-9-13-20(26)8-4/h9-10,12-13,16-17,22H,5-8,11,14-15,18H2,1-4H3/b21-10+/t22-/m1/s1. The third-order valence-electron chi connectivity index (χ3n) is 5.62. The van der Waals surface area contributed by atoms with E-state index in [4.69, 9.17) is 14.5 Å². The molecule has 0 amide bonds. The summed E-state index contributed by atoms with van der Waals surface area (Å²) in [6.45, 7) is 10.3. The summed E-state index contributed by atoms with van der Waals surface area (Å²) in [5.41, 5.74) is 7.45. The molecular weight excluding hydrogens is 358 g/mol. The third kappa shape index (κ3) is 5.08. The monoisotopic (exact) mass is 393 g/mol. The van der Waals surface area contributed by atoms with E-state index in [1.54, 1.807) is 0 Å². The van der Waals surface area contributed by atoms with Crippen molar-refractivity contribution in [1.29, 1.82) is 0 Å². The Morgan fingerprint density at radius 2 is 1.93 bits per heavy atom. The average molecular weight is 394 g/mol. The first kappa shape index (κ1) is 21.6. The molecule has 1 atom stereocenters. The number of aromatic nitrogens is 1. The predicted molar refractivity (Wildman–Crippen MR) is 121 cm³/mol. The van der Waals surface area contributed by atoms with Crippen molar-refractivity contribution >= 4 is 5.57 Å². The van der Waals surface area contributed by atoms with Gasteiger partial charge in [-0.3, -0.25) is 4.98 Å². The number of pyridine rings is 1. The molecule has 0 spiro atoms. The number of ether oxygens (including phenoxy) is 2. The Kier molecular flexibility index (Phi) is 7.88. The van der Waals surface area contributed by atoms with E-state index >= 15 is 0 Å². The first-order valence-corrected chi connectivity index (χ1v) is 11.3. The Bertz CT molecular complexity index is 812. The summed E-state index contributed by atoms with van der Waals surface area (Å²) in [6, 6.07) is 8.76. The molecule has 0 aliphatic carbocycles. The number of hydrogen-bond acceptors (Lipinski definition) is 3. The lowest BCUT2D eigenvalue weighted by Crippen LogP contribution is -2.17. The lowest BCUT2D eigenvalue weighted by molar-refractivity contribution is 0.141. The maximum absolute atomic E-state index is 6.48. The minimum Gasteiger partial charge on any atom is -0.487 e. The van der Waals surface area contributed by atoms with Gasteiger partial charge in [0.25, 0.3) is 0 Å². The summed E-state index contributed by atoms with van der Waals surface area (Å²) in [5.74, 6) is 0.951. The molecule has 0 bridgehead atoms. The van der Waals surface area contributed by atoms with Crippen LogP contribution in [0.5, 0.6) is 5.75 Å². The minimum atomic E-state index is 0.126. The van der Waals surface area contributed by atoms with Crippen molar-refractivity contribution in [3.05, 3.63) is 53.2 Å². The fourth-order valence-electron chi connectivity index (χ4n) is 4.13. The molecule has 0 unspecified atom stereocenters. The molecule has 1 aliphatic rings. The highest BCUT2D eigenvalue weighted by Gasteiger charge is 2.21. The molecule has 0 radical (unpaired) electrons. The molecule has 2 heterocycles. The van der Waals surface area contributed by atoms with Crippen molar-refractivity contribution in [2.75, 3.05) is 13.2 Å². The summed E-state index contributed by atoms with van der Waals surface area (Å²) in [4.78, 5) is 4.93. The van der Waals surface area contributed by atoms with Crippen LogP contribution in [0.1, 0.15) is 70.1 Å². The van der Waals surface area contributed by atoms with Crippen molar-refractivity contribution < 1.29 is 9.47 Å². The molecule has 29 heavy (non-hydrogen) atoms. The van der Waals surface area contributed by atoms with Gasteiger partial charge in [0.2, 0.25) is 0 Å². The Morgan fingerprint density at radius 3 is 2.52 bits per heavy atom. The fourth-order valence-corrected chi connectivity index (χ4v) is 4.13. The normalized spacial score (nSPS) is 17.0. The number of nitrogens with zero attached hydrogens (tertiary/aromatic N) is 1. The van der Waals surface area contributed by atoms with Crippen LogP contribution < -0.4 is 4.74 Å². The molecule has 0 saturated carbocycles. The second-order valence-corrected chi connectivity index (χ2v) is 7.72. The van der Waals surface area contributed by atoms with Gasteiger partial charge in [0.15, 0.2) is 0 Å². The highest BCUT2D eigenvalue weighted by molar-refractivity contribution is 5.75. The van der Waals surface area contributed by atoms with Crippen LogP contribution in [-0.4, -0.2) is 24.3 Å². The van der Waals surface area contributed by atoms with Crippen molar-refractivity contribution in [2.24, 2.45) is 0 Å². The van der Waals surface area contributed by atoms with E-state index in [1.807, 2.05) is 6.20 Å². The summed E-state index contributed by atoms with van der Waals surface area (Å²) >= 11 is 0. The van der Waals surface area contributed by atoms with Gasteiger partial charge in [-0.05, 0) is 42.4 Å². The summed E-state index contributed by atoms with van der Waals surface area (Å²) < 4.78 is 12.0. The van der Waals surface area contributed by atoms with Gasteiger partial charge in [-0.25, -0.2) is 0 Å². The van der Waals surface area contributed by atoms with Crippen molar-refractivity contribution in [3.8, 4) is 17.0 Å². The molecule has 156 valence electrons. The molecule has 1 aromatic heterocycles. The van der Waals surface area contributed by atoms with Gasteiger partial charge in [-0.15, -0.1) is 0 Å². The number of hydrogen-bond donors (Lipinski definition) is 0. The van der Waals surface area contributed by atoms with Crippen molar-refractivity contribution in [1.82, 2.24) is 4.98 Å². The summed E-state index contributed by atoms with van der Waals surface area (Å²) in [7, 11) is 0. The van der Waals surface area contributed by atoms with Crippen LogP contribution in [0, 0.1) is 0 Å². The molecule has 3 rings (SSSR count). The van der Waals surface area contributed by atoms with Crippen LogP contribution in [0.15, 0.2) is 36.5 Å².